The Bertz CT molecular complexity index is 514. The Labute approximate surface area is 121 Å². The largest absolute Gasteiger partial charge is 0.480 e. The maximum absolute atomic E-state index is 11.7. The topological polar surface area (TPSA) is 75.6 Å². The molecular weight excluding hydrogens is 282 g/mol. The summed E-state index contributed by atoms with van der Waals surface area (Å²) in [7, 11) is 0. The molecule has 1 aromatic rings. The number of ether oxygens (including phenoxy) is 1. The van der Waals surface area contributed by atoms with Gasteiger partial charge in [-0.15, -0.1) is 0 Å². The lowest BCUT2D eigenvalue weighted by molar-refractivity contribution is -0.152. The van der Waals surface area contributed by atoms with Gasteiger partial charge >= 0.3 is 5.97 Å². The van der Waals surface area contributed by atoms with Gasteiger partial charge in [-0.25, -0.2) is 4.79 Å². The second-order valence-corrected chi connectivity index (χ2v) is 5.28. The lowest BCUT2D eigenvalue weighted by atomic mass is 9.77. The molecule has 1 fully saturated rings. The minimum Gasteiger partial charge on any atom is -0.480 e. The van der Waals surface area contributed by atoms with E-state index in [0.29, 0.717) is 17.9 Å². The maximum Gasteiger partial charge on any atom is 0.329 e. The molecule has 108 valence electrons. The molecule has 0 spiro atoms. The Morgan fingerprint density at radius 1 is 1.35 bits per heavy atom. The minimum absolute atomic E-state index is 0.180. The number of halogens is 1. The third-order valence-electron chi connectivity index (χ3n) is 3.44. The molecule has 0 saturated heterocycles. The molecule has 0 bridgehead atoms. The van der Waals surface area contributed by atoms with Crippen LogP contribution in [-0.4, -0.2) is 29.1 Å². The summed E-state index contributed by atoms with van der Waals surface area (Å²) in [5, 5.41) is 12.2. The van der Waals surface area contributed by atoms with Gasteiger partial charge in [0.15, 0.2) is 0 Å². The van der Waals surface area contributed by atoms with Crippen LogP contribution in [0.1, 0.15) is 24.8 Å². The summed E-state index contributed by atoms with van der Waals surface area (Å²) >= 11 is 5.96. The predicted molar refractivity (Wildman–Crippen MR) is 73.5 cm³/mol. The summed E-state index contributed by atoms with van der Waals surface area (Å²) in [4.78, 5) is 22.8. The molecule has 1 aromatic carbocycles. The summed E-state index contributed by atoms with van der Waals surface area (Å²) in [6.45, 7) is 0.0351. The Balaban J connectivity index is 1.78. The molecule has 0 atom stereocenters. The monoisotopic (exact) mass is 297 g/mol. The van der Waals surface area contributed by atoms with Gasteiger partial charge in [-0.3, -0.25) is 4.79 Å². The maximum atomic E-state index is 11.7. The molecule has 6 heteroatoms. The van der Waals surface area contributed by atoms with Crippen LogP contribution in [0, 0.1) is 0 Å². The third-order valence-corrected chi connectivity index (χ3v) is 3.81. The number of carboxylic acid groups (broad SMARTS) is 1. The van der Waals surface area contributed by atoms with E-state index < -0.39 is 17.4 Å². The standard InChI is InChI=1S/C14H16ClNO4/c15-11-5-2-1-4-10(11)8-20-9-12(17)16-14(13(18)19)6-3-7-14/h1-2,4-5H,3,6-9H2,(H,16,17)(H,18,19). The van der Waals surface area contributed by atoms with Crippen molar-refractivity contribution in [3.8, 4) is 0 Å². The van der Waals surface area contributed by atoms with Crippen molar-refractivity contribution < 1.29 is 19.4 Å². The lowest BCUT2D eigenvalue weighted by Gasteiger charge is -2.38. The summed E-state index contributed by atoms with van der Waals surface area (Å²) in [5.41, 5.74) is -0.302. The van der Waals surface area contributed by atoms with Crippen LogP contribution >= 0.6 is 11.6 Å². The van der Waals surface area contributed by atoms with Crippen LogP contribution in [0.15, 0.2) is 24.3 Å². The molecule has 1 aliphatic rings. The molecule has 0 unspecified atom stereocenters. The highest BCUT2D eigenvalue weighted by atomic mass is 35.5. The van der Waals surface area contributed by atoms with Crippen LogP contribution in [0.25, 0.3) is 0 Å². The summed E-state index contributed by atoms with van der Waals surface area (Å²) < 4.78 is 5.27. The minimum atomic E-state index is -1.09. The summed E-state index contributed by atoms with van der Waals surface area (Å²) in [6, 6.07) is 7.20. The normalized spacial score (nSPS) is 16.2. The first-order valence-electron chi connectivity index (χ1n) is 6.39. The van der Waals surface area contributed by atoms with Crippen molar-refractivity contribution in [2.75, 3.05) is 6.61 Å². The predicted octanol–water partition coefficient (Wildman–Crippen LogP) is 1.98. The molecule has 1 aliphatic carbocycles. The van der Waals surface area contributed by atoms with Gasteiger partial charge in [0.1, 0.15) is 12.1 Å². The first-order chi connectivity index (χ1) is 9.53. The Hall–Kier alpha value is -1.59. The van der Waals surface area contributed by atoms with Gasteiger partial charge in [-0.1, -0.05) is 29.8 Å². The lowest BCUT2D eigenvalue weighted by Crippen LogP contribution is -2.59. The number of carboxylic acids is 1. The van der Waals surface area contributed by atoms with E-state index >= 15 is 0 Å². The van der Waals surface area contributed by atoms with Gasteiger partial charge in [-0.05, 0) is 30.9 Å². The van der Waals surface area contributed by atoms with Crippen LogP contribution in [0.2, 0.25) is 5.02 Å². The van der Waals surface area contributed by atoms with E-state index in [1.54, 1.807) is 6.07 Å². The number of amides is 1. The SMILES string of the molecule is O=C(COCc1ccccc1Cl)NC1(C(=O)O)CCC1. The second kappa shape index (κ2) is 6.24. The number of rotatable bonds is 6. The van der Waals surface area contributed by atoms with Crippen LogP contribution < -0.4 is 5.32 Å². The molecule has 2 N–H and O–H groups in total. The van der Waals surface area contributed by atoms with Gasteiger partial charge < -0.3 is 15.2 Å². The fourth-order valence-corrected chi connectivity index (χ4v) is 2.29. The number of hydrogen-bond donors (Lipinski definition) is 2. The van der Waals surface area contributed by atoms with Gasteiger partial charge in [0.2, 0.25) is 5.91 Å². The Morgan fingerprint density at radius 2 is 2.05 bits per heavy atom. The van der Waals surface area contributed by atoms with Crippen molar-refractivity contribution in [3.05, 3.63) is 34.9 Å². The molecule has 2 rings (SSSR count). The van der Waals surface area contributed by atoms with Crippen molar-refractivity contribution in [3.63, 3.8) is 0 Å². The fourth-order valence-electron chi connectivity index (χ4n) is 2.09. The van der Waals surface area contributed by atoms with Crippen LogP contribution in [-0.2, 0) is 20.9 Å². The van der Waals surface area contributed by atoms with E-state index in [0.717, 1.165) is 12.0 Å². The third kappa shape index (κ3) is 3.29. The van der Waals surface area contributed by atoms with Crippen molar-refractivity contribution in [1.82, 2.24) is 5.32 Å². The van der Waals surface area contributed by atoms with Gasteiger partial charge in [0.05, 0.1) is 6.61 Å². The summed E-state index contributed by atoms with van der Waals surface area (Å²) in [6.07, 6.45) is 1.75. The van der Waals surface area contributed by atoms with E-state index in [2.05, 4.69) is 5.32 Å². The molecule has 0 aromatic heterocycles. The van der Waals surface area contributed by atoms with E-state index in [1.807, 2.05) is 18.2 Å². The van der Waals surface area contributed by atoms with E-state index in [-0.39, 0.29) is 13.2 Å². The molecule has 0 heterocycles. The zero-order valence-electron chi connectivity index (χ0n) is 10.9. The number of nitrogens with one attached hydrogen (secondary N) is 1. The Kier molecular flexibility index (Phi) is 4.62. The smallest absolute Gasteiger partial charge is 0.329 e. The van der Waals surface area contributed by atoms with Crippen molar-refractivity contribution in [1.29, 1.82) is 0 Å². The van der Waals surface area contributed by atoms with Gasteiger partial charge in [-0.2, -0.15) is 0 Å². The number of hydrogen-bond acceptors (Lipinski definition) is 3. The number of benzene rings is 1. The van der Waals surface area contributed by atoms with Crippen molar-refractivity contribution >= 4 is 23.5 Å². The highest BCUT2D eigenvalue weighted by molar-refractivity contribution is 6.31. The second-order valence-electron chi connectivity index (χ2n) is 4.87. The van der Waals surface area contributed by atoms with Crippen molar-refractivity contribution in [2.45, 2.75) is 31.4 Å². The fraction of sp³-hybridized carbons (Fsp3) is 0.429. The average molecular weight is 298 g/mol. The molecule has 1 amide bonds. The van der Waals surface area contributed by atoms with E-state index in [9.17, 15) is 9.59 Å². The zero-order chi connectivity index (χ0) is 14.6. The molecule has 20 heavy (non-hydrogen) atoms. The zero-order valence-corrected chi connectivity index (χ0v) is 11.7. The molecular formula is C14H16ClNO4. The van der Waals surface area contributed by atoms with Gasteiger partial charge in [0.25, 0.3) is 0 Å². The number of carbonyl (C=O) groups is 2. The highest BCUT2D eigenvalue weighted by Crippen LogP contribution is 2.31. The van der Waals surface area contributed by atoms with Crippen LogP contribution in [0.5, 0.6) is 0 Å². The van der Waals surface area contributed by atoms with E-state index in [4.69, 9.17) is 21.4 Å². The molecule has 5 nitrogen and oxygen atoms in total. The van der Waals surface area contributed by atoms with E-state index in [1.165, 1.54) is 0 Å². The summed E-state index contributed by atoms with van der Waals surface area (Å²) in [5.74, 6) is -1.40. The number of aliphatic carboxylic acids is 1. The molecule has 0 aliphatic heterocycles. The molecule has 0 radical (unpaired) electrons. The first-order valence-corrected chi connectivity index (χ1v) is 6.77. The van der Waals surface area contributed by atoms with Crippen molar-refractivity contribution in [2.24, 2.45) is 0 Å². The molecule has 1 saturated carbocycles. The first kappa shape index (κ1) is 14.8. The average Bonchev–Trinajstić information content (AvgIpc) is 2.36. The highest BCUT2D eigenvalue weighted by Gasteiger charge is 2.45. The van der Waals surface area contributed by atoms with Crippen LogP contribution in [0.3, 0.4) is 0 Å². The van der Waals surface area contributed by atoms with Gasteiger partial charge in [0, 0.05) is 5.02 Å². The Morgan fingerprint density at radius 3 is 2.60 bits per heavy atom. The van der Waals surface area contributed by atoms with Crippen LogP contribution in [0.4, 0.5) is 0 Å². The number of carbonyl (C=O) groups excluding carboxylic acids is 1. The quantitative estimate of drug-likeness (QED) is 0.842.